The Balaban J connectivity index is 1.56. The zero-order valence-electron chi connectivity index (χ0n) is 13.8. The van der Waals surface area contributed by atoms with Gasteiger partial charge in [0.15, 0.2) is 4.34 Å². The first-order valence-corrected chi connectivity index (χ1v) is 9.39. The van der Waals surface area contributed by atoms with Gasteiger partial charge in [0, 0.05) is 11.3 Å². The Morgan fingerprint density at radius 3 is 2.58 bits per heavy atom. The summed E-state index contributed by atoms with van der Waals surface area (Å²) in [6, 6.07) is 16.3. The second-order valence-corrected chi connectivity index (χ2v) is 7.35. The minimum atomic E-state index is -0.243. The van der Waals surface area contributed by atoms with Gasteiger partial charge in [0.25, 0.3) is 5.91 Å². The van der Waals surface area contributed by atoms with Crippen LogP contribution < -0.4 is 10.1 Å². The monoisotopic (exact) mass is 382 g/mol. The van der Waals surface area contributed by atoms with E-state index in [9.17, 15) is 4.79 Å². The minimum absolute atomic E-state index is 0.243. The van der Waals surface area contributed by atoms with Crippen molar-refractivity contribution in [1.29, 1.82) is 5.26 Å². The van der Waals surface area contributed by atoms with Crippen LogP contribution in [0.25, 0.3) is 0 Å². The Bertz CT molecular complexity index is 931. The number of aromatic nitrogens is 2. The first-order valence-electron chi connectivity index (χ1n) is 7.58. The predicted molar refractivity (Wildman–Crippen MR) is 102 cm³/mol. The van der Waals surface area contributed by atoms with Gasteiger partial charge >= 0.3 is 0 Å². The molecule has 0 aliphatic rings. The third kappa shape index (κ3) is 4.59. The Morgan fingerprint density at radius 2 is 1.92 bits per heavy atom. The molecule has 0 fully saturated rings. The average molecular weight is 382 g/mol. The first-order chi connectivity index (χ1) is 12.7. The van der Waals surface area contributed by atoms with Crippen molar-refractivity contribution in [1.82, 2.24) is 10.2 Å². The summed E-state index contributed by atoms with van der Waals surface area (Å²) < 4.78 is 5.84. The number of benzene rings is 2. The van der Waals surface area contributed by atoms with E-state index in [1.165, 1.54) is 23.1 Å². The summed E-state index contributed by atoms with van der Waals surface area (Å²) in [7, 11) is 1.58. The van der Waals surface area contributed by atoms with Crippen LogP contribution in [0.4, 0.5) is 5.13 Å². The quantitative estimate of drug-likeness (QED) is 0.513. The van der Waals surface area contributed by atoms with Gasteiger partial charge in [0.1, 0.15) is 5.75 Å². The minimum Gasteiger partial charge on any atom is -0.497 e. The van der Waals surface area contributed by atoms with E-state index >= 15 is 0 Å². The van der Waals surface area contributed by atoms with Gasteiger partial charge in [-0.25, -0.2) is 0 Å². The fraction of sp³-hybridized carbons (Fsp3) is 0.111. The number of ether oxygens (including phenoxy) is 1. The number of carbonyl (C=O) groups is 1. The van der Waals surface area contributed by atoms with E-state index in [0.717, 1.165) is 9.90 Å². The molecular weight excluding hydrogens is 368 g/mol. The number of rotatable bonds is 6. The Labute approximate surface area is 158 Å². The lowest BCUT2D eigenvalue weighted by atomic mass is 10.2. The zero-order valence-corrected chi connectivity index (χ0v) is 15.4. The highest BCUT2D eigenvalue weighted by Gasteiger charge is 2.11. The van der Waals surface area contributed by atoms with Crippen molar-refractivity contribution in [3.05, 3.63) is 65.2 Å². The Kier molecular flexibility index (Phi) is 5.84. The summed E-state index contributed by atoms with van der Waals surface area (Å²) in [4.78, 5) is 12.2. The summed E-state index contributed by atoms with van der Waals surface area (Å²) in [6.45, 7) is 0. The van der Waals surface area contributed by atoms with E-state index in [2.05, 4.69) is 21.6 Å². The van der Waals surface area contributed by atoms with Crippen LogP contribution in [0, 0.1) is 11.3 Å². The van der Waals surface area contributed by atoms with E-state index in [-0.39, 0.29) is 5.91 Å². The number of hydrogen-bond acceptors (Lipinski definition) is 7. The summed E-state index contributed by atoms with van der Waals surface area (Å²) >= 11 is 2.85. The van der Waals surface area contributed by atoms with Gasteiger partial charge in [-0.15, -0.1) is 10.2 Å². The third-order valence-electron chi connectivity index (χ3n) is 3.42. The Morgan fingerprint density at radius 1 is 1.19 bits per heavy atom. The van der Waals surface area contributed by atoms with Gasteiger partial charge in [-0.05, 0) is 42.0 Å². The third-order valence-corrected chi connectivity index (χ3v) is 5.47. The lowest BCUT2D eigenvalue weighted by Crippen LogP contribution is -2.11. The highest BCUT2D eigenvalue weighted by Crippen LogP contribution is 2.28. The molecule has 3 aromatic rings. The second-order valence-electron chi connectivity index (χ2n) is 5.15. The van der Waals surface area contributed by atoms with Gasteiger partial charge in [0.05, 0.1) is 18.7 Å². The number of carbonyl (C=O) groups excluding carboxylic acids is 1. The molecule has 1 heterocycles. The molecule has 26 heavy (non-hydrogen) atoms. The van der Waals surface area contributed by atoms with Gasteiger partial charge in [0.2, 0.25) is 5.13 Å². The number of nitrogens with zero attached hydrogens (tertiary/aromatic N) is 3. The maximum atomic E-state index is 12.2. The number of methoxy groups -OCH3 is 1. The highest BCUT2D eigenvalue weighted by atomic mass is 32.2. The fourth-order valence-electron chi connectivity index (χ4n) is 2.05. The van der Waals surface area contributed by atoms with Gasteiger partial charge in [-0.2, -0.15) is 5.26 Å². The van der Waals surface area contributed by atoms with E-state index in [1.54, 1.807) is 43.5 Å². The molecule has 0 spiro atoms. The fourth-order valence-corrected chi connectivity index (χ4v) is 3.75. The number of nitrogens with one attached hydrogen (secondary N) is 1. The van der Waals surface area contributed by atoms with E-state index < -0.39 is 0 Å². The van der Waals surface area contributed by atoms with Crippen molar-refractivity contribution in [3.63, 3.8) is 0 Å². The molecule has 0 aliphatic carbocycles. The van der Waals surface area contributed by atoms with Crippen LogP contribution in [0.15, 0.2) is 52.9 Å². The van der Waals surface area contributed by atoms with Crippen LogP contribution in [0.3, 0.4) is 0 Å². The van der Waals surface area contributed by atoms with Crippen molar-refractivity contribution in [2.75, 3.05) is 12.4 Å². The van der Waals surface area contributed by atoms with Crippen LogP contribution in [0.5, 0.6) is 5.75 Å². The molecule has 1 amide bonds. The molecule has 2 aromatic carbocycles. The molecule has 0 bridgehead atoms. The molecule has 0 atom stereocenters. The van der Waals surface area contributed by atoms with E-state index in [4.69, 9.17) is 10.00 Å². The van der Waals surface area contributed by atoms with Crippen molar-refractivity contribution < 1.29 is 9.53 Å². The molecule has 1 aromatic heterocycles. The summed E-state index contributed by atoms with van der Waals surface area (Å²) in [6.07, 6.45) is 0. The summed E-state index contributed by atoms with van der Waals surface area (Å²) in [5, 5.41) is 20.1. The summed E-state index contributed by atoms with van der Waals surface area (Å²) in [5.74, 6) is 1.17. The first kappa shape index (κ1) is 17.9. The predicted octanol–water partition coefficient (Wildman–Crippen LogP) is 3.96. The molecular formula is C18H14N4O2S2. The number of thioether (sulfide) groups is 1. The highest BCUT2D eigenvalue weighted by molar-refractivity contribution is 8.00. The van der Waals surface area contributed by atoms with Crippen molar-refractivity contribution >= 4 is 34.1 Å². The van der Waals surface area contributed by atoms with Gasteiger partial charge < -0.3 is 4.74 Å². The van der Waals surface area contributed by atoms with Crippen LogP contribution >= 0.6 is 23.1 Å². The molecule has 0 radical (unpaired) electrons. The standard InChI is InChI=1S/C18H14N4O2S2/c1-24-15-8-6-14(7-9-15)16(23)20-17-21-22-18(26-17)25-11-13-4-2-12(10-19)3-5-13/h2-9H,11H2,1H3,(H,20,21,23). The normalized spacial score (nSPS) is 10.2. The topological polar surface area (TPSA) is 87.9 Å². The molecule has 8 heteroatoms. The molecule has 1 N–H and O–H groups in total. The maximum absolute atomic E-state index is 12.2. The van der Waals surface area contributed by atoms with Crippen LogP contribution in [-0.2, 0) is 5.75 Å². The average Bonchev–Trinajstić information content (AvgIpc) is 3.14. The molecule has 0 aliphatic heterocycles. The molecule has 3 rings (SSSR count). The smallest absolute Gasteiger partial charge is 0.257 e. The summed E-state index contributed by atoms with van der Waals surface area (Å²) in [5.41, 5.74) is 2.25. The maximum Gasteiger partial charge on any atom is 0.257 e. The molecule has 0 saturated carbocycles. The number of nitriles is 1. The second kappa shape index (κ2) is 8.47. The lowest BCUT2D eigenvalue weighted by Gasteiger charge is -2.02. The zero-order chi connectivity index (χ0) is 18.4. The lowest BCUT2D eigenvalue weighted by molar-refractivity contribution is 0.102. The SMILES string of the molecule is COc1ccc(C(=O)Nc2nnc(SCc3ccc(C#N)cc3)s2)cc1. The number of amides is 1. The van der Waals surface area contributed by atoms with Crippen molar-refractivity contribution in [3.8, 4) is 11.8 Å². The molecule has 0 saturated heterocycles. The van der Waals surface area contributed by atoms with Crippen molar-refractivity contribution in [2.24, 2.45) is 0 Å². The van der Waals surface area contributed by atoms with E-state index in [1.807, 2.05) is 12.1 Å². The van der Waals surface area contributed by atoms with Crippen molar-refractivity contribution in [2.45, 2.75) is 10.1 Å². The van der Waals surface area contributed by atoms with Crippen LogP contribution in [0.2, 0.25) is 0 Å². The molecule has 6 nitrogen and oxygen atoms in total. The number of hydrogen-bond donors (Lipinski definition) is 1. The number of anilines is 1. The van der Waals surface area contributed by atoms with Crippen LogP contribution in [-0.4, -0.2) is 23.2 Å². The molecule has 130 valence electrons. The van der Waals surface area contributed by atoms with Gasteiger partial charge in [-0.3, -0.25) is 10.1 Å². The Hall–Kier alpha value is -2.89. The van der Waals surface area contributed by atoms with Gasteiger partial charge in [-0.1, -0.05) is 35.2 Å². The van der Waals surface area contributed by atoms with Crippen LogP contribution in [0.1, 0.15) is 21.5 Å². The molecule has 0 unspecified atom stereocenters. The largest absolute Gasteiger partial charge is 0.497 e. The van der Waals surface area contributed by atoms with E-state index in [0.29, 0.717) is 27.8 Å².